The maximum Gasteiger partial charge on any atom is 0.244 e. The Labute approximate surface area is 125 Å². The molecule has 6 heteroatoms. The summed E-state index contributed by atoms with van der Waals surface area (Å²) >= 11 is 0. The van der Waals surface area contributed by atoms with Crippen LogP contribution in [0.15, 0.2) is 47.6 Å². The van der Waals surface area contributed by atoms with Crippen LogP contribution >= 0.6 is 0 Å². The lowest BCUT2D eigenvalue weighted by molar-refractivity contribution is 0.402. The fraction of sp³-hybridized carbons (Fsp3) is 0.267. The monoisotopic (exact) mass is 306 g/mol. The van der Waals surface area contributed by atoms with E-state index in [1.165, 1.54) is 7.11 Å². The minimum Gasteiger partial charge on any atom is -0.495 e. The normalized spacial score (nSPS) is 12.9. The largest absolute Gasteiger partial charge is 0.495 e. The average molecular weight is 306 g/mol. The van der Waals surface area contributed by atoms with Gasteiger partial charge < -0.3 is 4.74 Å². The summed E-state index contributed by atoms with van der Waals surface area (Å²) in [4.78, 5) is 4.07. The van der Waals surface area contributed by atoms with Crippen molar-refractivity contribution >= 4 is 10.0 Å². The molecule has 1 N–H and O–H groups in total. The molecule has 1 unspecified atom stereocenters. The zero-order chi connectivity index (χ0) is 15.5. The van der Waals surface area contributed by atoms with E-state index in [0.717, 1.165) is 11.1 Å². The Bertz CT molecular complexity index is 715. The molecule has 1 aromatic carbocycles. The lowest BCUT2D eigenvalue weighted by Gasteiger charge is -2.16. The van der Waals surface area contributed by atoms with Crippen molar-refractivity contribution in [3.05, 3.63) is 53.9 Å². The van der Waals surface area contributed by atoms with Crippen molar-refractivity contribution in [1.29, 1.82) is 0 Å². The molecule has 112 valence electrons. The van der Waals surface area contributed by atoms with E-state index in [1.807, 2.05) is 13.0 Å². The van der Waals surface area contributed by atoms with E-state index >= 15 is 0 Å². The highest BCUT2D eigenvalue weighted by Crippen LogP contribution is 2.26. The molecule has 0 spiro atoms. The van der Waals surface area contributed by atoms with Gasteiger partial charge in [0.1, 0.15) is 10.6 Å². The van der Waals surface area contributed by atoms with Crippen molar-refractivity contribution in [2.75, 3.05) is 7.11 Å². The maximum atomic E-state index is 12.5. The van der Waals surface area contributed by atoms with Gasteiger partial charge in [-0.25, -0.2) is 13.1 Å². The molecule has 2 rings (SSSR count). The maximum absolute atomic E-state index is 12.5. The molecule has 0 bridgehead atoms. The summed E-state index contributed by atoms with van der Waals surface area (Å²) in [5.41, 5.74) is 1.70. The Morgan fingerprint density at radius 1 is 1.19 bits per heavy atom. The van der Waals surface area contributed by atoms with Gasteiger partial charge in [0.05, 0.1) is 7.11 Å². The number of rotatable bonds is 5. The SMILES string of the molecule is COc1ccc(C)cc1S(=O)(=O)NC(C)c1ccncc1. The van der Waals surface area contributed by atoms with Crippen molar-refractivity contribution in [1.82, 2.24) is 9.71 Å². The van der Waals surface area contributed by atoms with Crippen LogP contribution in [0.4, 0.5) is 0 Å². The zero-order valence-electron chi connectivity index (χ0n) is 12.2. The van der Waals surface area contributed by atoms with E-state index in [-0.39, 0.29) is 10.9 Å². The van der Waals surface area contributed by atoms with Crippen molar-refractivity contribution in [2.45, 2.75) is 24.8 Å². The predicted molar refractivity (Wildman–Crippen MR) is 80.7 cm³/mol. The number of hydrogen-bond acceptors (Lipinski definition) is 4. The van der Waals surface area contributed by atoms with Crippen molar-refractivity contribution in [3.8, 4) is 5.75 Å². The Balaban J connectivity index is 2.33. The Hall–Kier alpha value is -1.92. The van der Waals surface area contributed by atoms with Crippen LogP contribution in [0.3, 0.4) is 0 Å². The summed E-state index contributed by atoms with van der Waals surface area (Å²) in [5.74, 6) is 0.329. The summed E-state index contributed by atoms with van der Waals surface area (Å²) in [5, 5.41) is 0. The number of sulfonamides is 1. The number of aryl methyl sites for hydroxylation is 1. The number of benzene rings is 1. The molecule has 0 saturated heterocycles. The van der Waals surface area contributed by atoms with Crippen molar-refractivity contribution in [3.63, 3.8) is 0 Å². The van der Waals surface area contributed by atoms with Crippen LogP contribution in [0.2, 0.25) is 0 Å². The van der Waals surface area contributed by atoms with E-state index in [2.05, 4.69) is 9.71 Å². The molecule has 0 amide bonds. The van der Waals surface area contributed by atoms with Gasteiger partial charge in [-0.05, 0) is 49.2 Å². The van der Waals surface area contributed by atoms with Crippen LogP contribution in [-0.2, 0) is 10.0 Å². The molecule has 0 radical (unpaired) electrons. The Kier molecular flexibility index (Phi) is 4.59. The molecule has 2 aromatic rings. The number of hydrogen-bond donors (Lipinski definition) is 1. The van der Waals surface area contributed by atoms with E-state index < -0.39 is 10.0 Å². The number of nitrogens with zero attached hydrogens (tertiary/aromatic N) is 1. The molecule has 0 saturated carbocycles. The highest BCUT2D eigenvalue weighted by Gasteiger charge is 2.22. The minimum atomic E-state index is -3.67. The molecular formula is C15H18N2O3S. The molecular weight excluding hydrogens is 288 g/mol. The summed E-state index contributed by atoms with van der Waals surface area (Å²) in [7, 11) is -2.21. The smallest absolute Gasteiger partial charge is 0.244 e. The third kappa shape index (κ3) is 3.59. The first kappa shape index (κ1) is 15.5. The molecule has 21 heavy (non-hydrogen) atoms. The second-order valence-corrected chi connectivity index (χ2v) is 6.46. The third-order valence-electron chi connectivity index (χ3n) is 3.15. The van der Waals surface area contributed by atoms with Crippen LogP contribution in [0.5, 0.6) is 5.75 Å². The summed E-state index contributed by atoms with van der Waals surface area (Å²) < 4.78 is 32.9. The number of nitrogens with one attached hydrogen (secondary N) is 1. The third-order valence-corrected chi connectivity index (χ3v) is 4.71. The minimum absolute atomic E-state index is 0.144. The van der Waals surface area contributed by atoms with Gasteiger partial charge in [-0.3, -0.25) is 4.98 Å². The average Bonchev–Trinajstić information content (AvgIpc) is 2.47. The van der Waals surface area contributed by atoms with Crippen LogP contribution in [0.1, 0.15) is 24.1 Å². The van der Waals surface area contributed by atoms with Gasteiger partial charge in [-0.15, -0.1) is 0 Å². The number of ether oxygens (including phenoxy) is 1. The molecule has 0 aliphatic carbocycles. The summed E-state index contributed by atoms with van der Waals surface area (Å²) in [6.45, 7) is 3.62. The van der Waals surface area contributed by atoms with E-state index in [9.17, 15) is 8.42 Å². The molecule has 0 fully saturated rings. The molecule has 1 atom stereocenters. The van der Waals surface area contributed by atoms with Gasteiger partial charge in [0.25, 0.3) is 0 Å². The number of aromatic nitrogens is 1. The predicted octanol–water partition coefficient (Wildman–Crippen LogP) is 2.44. The number of pyridine rings is 1. The molecule has 5 nitrogen and oxygen atoms in total. The van der Waals surface area contributed by atoms with Gasteiger partial charge in [0.15, 0.2) is 0 Å². The highest BCUT2D eigenvalue weighted by atomic mass is 32.2. The molecule has 1 heterocycles. The van der Waals surface area contributed by atoms with Gasteiger partial charge >= 0.3 is 0 Å². The second kappa shape index (κ2) is 6.24. The highest BCUT2D eigenvalue weighted by molar-refractivity contribution is 7.89. The Morgan fingerprint density at radius 2 is 1.86 bits per heavy atom. The molecule has 0 aliphatic heterocycles. The fourth-order valence-electron chi connectivity index (χ4n) is 2.01. The van der Waals surface area contributed by atoms with Crippen LogP contribution < -0.4 is 9.46 Å². The van der Waals surface area contributed by atoms with Crippen LogP contribution in [0, 0.1) is 6.92 Å². The van der Waals surface area contributed by atoms with Crippen molar-refractivity contribution < 1.29 is 13.2 Å². The lowest BCUT2D eigenvalue weighted by atomic mass is 10.1. The lowest BCUT2D eigenvalue weighted by Crippen LogP contribution is -2.27. The van der Waals surface area contributed by atoms with Gasteiger partial charge in [0.2, 0.25) is 10.0 Å². The van der Waals surface area contributed by atoms with Crippen molar-refractivity contribution in [2.24, 2.45) is 0 Å². The quantitative estimate of drug-likeness (QED) is 0.921. The molecule has 0 aliphatic rings. The topological polar surface area (TPSA) is 68.3 Å². The number of methoxy groups -OCH3 is 1. The van der Waals surface area contributed by atoms with Gasteiger partial charge in [-0.2, -0.15) is 0 Å². The Morgan fingerprint density at radius 3 is 2.48 bits per heavy atom. The van der Waals surface area contributed by atoms with E-state index in [0.29, 0.717) is 5.75 Å². The first-order valence-corrected chi connectivity index (χ1v) is 7.99. The van der Waals surface area contributed by atoms with Gasteiger partial charge in [0, 0.05) is 18.4 Å². The first-order valence-electron chi connectivity index (χ1n) is 6.51. The second-order valence-electron chi connectivity index (χ2n) is 4.78. The first-order chi connectivity index (χ1) is 9.94. The van der Waals surface area contributed by atoms with E-state index in [4.69, 9.17) is 4.74 Å². The fourth-order valence-corrected chi connectivity index (χ4v) is 3.50. The van der Waals surface area contributed by atoms with Gasteiger partial charge in [-0.1, -0.05) is 6.07 Å². The summed E-state index contributed by atoms with van der Waals surface area (Å²) in [6.07, 6.45) is 3.26. The molecule has 1 aromatic heterocycles. The zero-order valence-corrected chi connectivity index (χ0v) is 13.0. The standard InChI is InChI=1S/C15H18N2O3S/c1-11-4-5-14(20-3)15(10-11)21(18,19)17-12(2)13-6-8-16-9-7-13/h4-10,12,17H,1-3H3. The van der Waals surface area contributed by atoms with Crippen LogP contribution in [0.25, 0.3) is 0 Å². The summed E-state index contributed by atoms with van der Waals surface area (Å²) in [6, 6.07) is 8.26. The van der Waals surface area contributed by atoms with E-state index in [1.54, 1.807) is 43.6 Å². The van der Waals surface area contributed by atoms with Crippen LogP contribution in [-0.4, -0.2) is 20.5 Å².